The molecule has 7 nitrogen and oxygen atoms in total. The smallest absolute Gasteiger partial charge is 0.270 e. The summed E-state index contributed by atoms with van der Waals surface area (Å²) in [5.74, 6) is 0. The average Bonchev–Trinajstić information content (AvgIpc) is 2.67. The topological polar surface area (TPSA) is 91.4 Å². The Morgan fingerprint density at radius 3 is 2.85 bits per heavy atom. The molecule has 1 N–H and O–H groups in total. The van der Waals surface area contributed by atoms with E-state index in [-0.39, 0.29) is 17.4 Å². The largest absolute Gasteiger partial charge is 0.381 e. The SMILES string of the molecule is N#Cc1cc([N+](=O)[O-])ccc1NCC1CN(Cc2ccccc2)CCO1. The molecule has 0 saturated carbocycles. The molecule has 1 fully saturated rings. The van der Waals surface area contributed by atoms with Crippen LogP contribution in [-0.2, 0) is 11.3 Å². The van der Waals surface area contributed by atoms with Gasteiger partial charge < -0.3 is 10.1 Å². The number of nitrogens with zero attached hydrogens (tertiary/aromatic N) is 3. The monoisotopic (exact) mass is 352 g/mol. The molecule has 0 aromatic heterocycles. The summed E-state index contributed by atoms with van der Waals surface area (Å²) in [4.78, 5) is 12.7. The van der Waals surface area contributed by atoms with Gasteiger partial charge in [-0.25, -0.2) is 0 Å². The first-order valence-corrected chi connectivity index (χ1v) is 8.46. The van der Waals surface area contributed by atoms with E-state index >= 15 is 0 Å². The van der Waals surface area contributed by atoms with Crippen molar-refractivity contribution in [3.8, 4) is 6.07 Å². The molecule has 0 radical (unpaired) electrons. The standard InChI is InChI=1S/C19H20N4O3/c20-11-16-10-17(23(24)25)6-7-19(16)21-12-18-14-22(8-9-26-18)13-15-4-2-1-3-5-15/h1-7,10,18,21H,8-9,12-14H2. The van der Waals surface area contributed by atoms with Crippen LogP contribution < -0.4 is 5.32 Å². The predicted molar refractivity (Wildman–Crippen MR) is 97.8 cm³/mol. The summed E-state index contributed by atoms with van der Waals surface area (Å²) < 4.78 is 5.81. The molecular weight excluding hydrogens is 332 g/mol. The number of ether oxygens (including phenoxy) is 1. The van der Waals surface area contributed by atoms with Crippen molar-refractivity contribution in [3.63, 3.8) is 0 Å². The Morgan fingerprint density at radius 2 is 2.12 bits per heavy atom. The maximum Gasteiger partial charge on any atom is 0.270 e. The quantitative estimate of drug-likeness (QED) is 0.635. The Kier molecular flexibility index (Phi) is 5.79. The van der Waals surface area contributed by atoms with Gasteiger partial charge in [-0.3, -0.25) is 15.0 Å². The summed E-state index contributed by atoms with van der Waals surface area (Å²) in [6.45, 7) is 3.74. The molecule has 2 aromatic carbocycles. The van der Waals surface area contributed by atoms with Crippen LogP contribution in [0.1, 0.15) is 11.1 Å². The lowest BCUT2D eigenvalue weighted by atomic mass is 10.1. The Bertz CT molecular complexity index is 804. The van der Waals surface area contributed by atoms with Crippen molar-refractivity contribution in [2.75, 3.05) is 31.6 Å². The first-order valence-electron chi connectivity index (χ1n) is 8.46. The van der Waals surface area contributed by atoms with Crippen LogP contribution in [0.5, 0.6) is 0 Å². The molecule has 1 atom stereocenters. The third kappa shape index (κ3) is 4.57. The van der Waals surface area contributed by atoms with Crippen LogP contribution in [0.4, 0.5) is 11.4 Å². The number of rotatable bonds is 6. The van der Waals surface area contributed by atoms with Gasteiger partial charge in [-0.2, -0.15) is 5.26 Å². The Morgan fingerprint density at radius 1 is 1.31 bits per heavy atom. The summed E-state index contributed by atoms with van der Waals surface area (Å²) in [5, 5.41) is 23.2. The minimum atomic E-state index is -0.504. The van der Waals surface area contributed by atoms with Crippen molar-refractivity contribution in [3.05, 3.63) is 69.8 Å². The van der Waals surface area contributed by atoms with E-state index in [1.807, 2.05) is 24.3 Å². The van der Waals surface area contributed by atoms with Crippen LogP contribution in [0.25, 0.3) is 0 Å². The van der Waals surface area contributed by atoms with E-state index in [2.05, 4.69) is 22.3 Å². The predicted octanol–water partition coefficient (Wildman–Crippen LogP) is 2.78. The van der Waals surface area contributed by atoms with Gasteiger partial charge in [0.1, 0.15) is 6.07 Å². The number of nitriles is 1. The molecule has 7 heteroatoms. The summed E-state index contributed by atoms with van der Waals surface area (Å²) in [5.41, 5.74) is 2.02. The second kappa shape index (κ2) is 8.43. The molecule has 0 spiro atoms. The van der Waals surface area contributed by atoms with E-state index in [4.69, 9.17) is 4.74 Å². The van der Waals surface area contributed by atoms with Crippen LogP contribution in [0.3, 0.4) is 0 Å². The molecule has 1 aliphatic heterocycles. The normalized spacial score (nSPS) is 17.4. The number of hydrogen-bond donors (Lipinski definition) is 1. The average molecular weight is 352 g/mol. The number of benzene rings is 2. The molecule has 0 bridgehead atoms. The van der Waals surface area contributed by atoms with Crippen LogP contribution >= 0.6 is 0 Å². The van der Waals surface area contributed by atoms with Gasteiger partial charge in [0.15, 0.2) is 0 Å². The molecule has 0 amide bonds. The number of nitro benzene ring substituents is 1. The molecule has 1 unspecified atom stereocenters. The van der Waals surface area contributed by atoms with Crippen molar-refractivity contribution in [2.24, 2.45) is 0 Å². The summed E-state index contributed by atoms with van der Waals surface area (Å²) >= 11 is 0. The van der Waals surface area contributed by atoms with Crippen LogP contribution in [-0.4, -0.2) is 42.2 Å². The molecular formula is C19H20N4O3. The fourth-order valence-electron chi connectivity index (χ4n) is 3.01. The molecule has 2 aromatic rings. The maximum absolute atomic E-state index is 10.8. The highest BCUT2D eigenvalue weighted by molar-refractivity contribution is 5.61. The molecule has 0 aliphatic carbocycles. The molecule has 134 valence electrons. The van der Waals surface area contributed by atoms with Crippen LogP contribution in [0.2, 0.25) is 0 Å². The summed E-state index contributed by atoms with van der Waals surface area (Å²) in [6, 6.07) is 16.5. The Balaban J connectivity index is 1.58. The number of non-ortho nitro benzene ring substituents is 1. The van der Waals surface area contributed by atoms with Gasteiger partial charge in [-0.15, -0.1) is 0 Å². The summed E-state index contributed by atoms with van der Waals surface area (Å²) in [7, 11) is 0. The van der Waals surface area contributed by atoms with Gasteiger partial charge in [-0.05, 0) is 11.6 Å². The number of anilines is 1. The van der Waals surface area contributed by atoms with Crippen molar-refractivity contribution < 1.29 is 9.66 Å². The highest BCUT2D eigenvalue weighted by Crippen LogP contribution is 2.22. The van der Waals surface area contributed by atoms with Gasteiger partial charge in [0.25, 0.3) is 5.69 Å². The lowest BCUT2D eigenvalue weighted by Gasteiger charge is -2.33. The van der Waals surface area contributed by atoms with Crippen LogP contribution in [0, 0.1) is 21.4 Å². The van der Waals surface area contributed by atoms with Gasteiger partial charge in [-0.1, -0.05) is 30.3 Å². The van der Waals surface area contributed by atoms with Gasteiger partial charge in [0.05, 0.1) is 28.9 Å². The number of morpholine rings is 1. The highest BCUT2D eigenvalue weighted by Gasteiger charge is 2.21. The third-order valence-electron chi connectivity index (χ3n) is 4.33. The molecule has 26 heavy (non-hydrogen) atoms. The van der Waals surface area contributed by atoms with Gasteiger partial charge >= 0.3 is 0 Å². The van der Waals surface area contributed by atoms with E-state index in [1.54, 1.807) is 6.07 Å². The Hall–Kier alpha value is -2.95. The minimum Gasteiger partial charge on any atom is -0.381 e. The number of nitrogens with one attached hydrogen (secondary N) is 1. The van der Waals surface area contributed by atoms with Gasteiger partial charge in [0, 0.05) is 38.3 Å². The van der Waals surface area contributed by atoms with E-state index in [1.165, 1.54) is 17.7 Å². The van der Waals surface area contributed by atoms with Gasteiger partial charge in [0.2, 0.25) is 0 Å². The van der Waals surface area contributed by atoms with E-state index in [9.17, 15) is 15.4 Å². The van der Waals surface area contributed by atoms with E-state index in [0.29, 0.717) is 18.8 Å². The second-order valence-electron chi connectivity index (χ2n) is 6.19. The number of hydrogen-bond acceptors (Lipinski definition) is 6. The molecule has 1 aliphatic rings. The minimum absolute atomic E-state index is 0.00537. The maximum atomic E-state index is 10.8. The molecule has 3 rings (SSSR count). The van der Waals surface area contributed by atoms with Crippen molar-refractivity contribution in [2.45, 2.75) is 12.6 Å². The fourth-order valence-corrected chi connectivity index (χ4v) is 3.01. The summed E-state index contributed by atoms with van der Waals surface area (Å²) in [6.07, 6.45) is -0.00537. The highest BCUT2D eigenvalue weighted by atomic mass is 16.6. The first kappa shape index (κ1) is 17.9. The van der Waals surface area contributed by atoms with E-state index in [0.717, 1.165) is 19.6 Å². The number of nitro groups is 1. The van der Waals surface area contributed by atoms with Crippen molar-refractivity contribution >= 4 is 11.4 Å². The molecule has 1 heterocycles. The Labute approximate surface area is 152 Å². The third-order valence-corrected chi connectivity index (χ3v) is 4.33. The van der Waals surface area contributed by atoms with Crippen molar-refractivity contribution in [1.29, 1.82) is 5.26 Å². The zero-order valence-corrected chi connectivity index (χ0v) is 14.3. The lowest BCUT2D eigenvalue weighted by Crippen LogP contribution is -2.44. The first-order chi connectivity index (χ1) is 12.7. The van der Waals surface area contributed by atoms with E-state index < -0.39 is 4.92 Å². The molecule has 1 saturated heterocycles. The van der Waals surface area contributed by atoms with Crippen LogP contribution in [0.15, 0.2) is 48.5 Å². The fraction of sp³-hybridized carbons (Fsp3) is 0.316. The zero-order chi connectivity index (χ0) is 18.4. The lowest BCUT2D eigenvalue weighted by molar-refractivity contribution is -0.384. The second-order valence-corrected chi connectivity index (χ2v) is 6.19. The van der Waals surface area contributed by atoms with Crippen molar-refractivity contribution in [1.82, 2.24) is 4.90 Å². The zero-order valence-electron chi connectivity index (χ0n) is 14.3.